The molecule has 2 aromatic carbocycles. The summed E-state index contributed by atoms with van der Waals surface area (Å²) < 4.78 is 5.24. The van der Waals surface area contributed by atoms with Crippen molar-refractivity contribution in [2.45, 2.75) is 11.4 Å². The fourth-order valence-electron chi connectivity index (χ4n) is 2.13. The number of amides is 1. The molecule has 0 saturated heterocycles. The molecule has 0 aliphatic carbocycles. The first-order valence-corrected chi connectivity index (χ1v) is 8.99. The highest BCUT2D eigenvalue weighted by atomic mass is 35.5. The van der Waals surface area contributed by atoms with E-state index in [1.54, 1.807) is 18.0 Å². The fraction of sp³-hybridized carbons (Fsp3) is 0.167. The van der Waals surface area contributed by atoms with Gasteiger partial charge in [0.2, 0.25) is 17.6 Å². The Labute approximate surface area is 155 Å². The van der Waals surface area contributed by atoms with Crippen LogP contribution in [0.3, 0.4) is 0 Å². The van der Waals surface area contributed by atoms with E-state index in [2.05, 4.69) is 10.1 Å². The van der Waals surface area contributed by atoms with E-state index in [1.807, 2.05) is 48.5 Å². The first-order chi connectivity index (χ1) is 12.1. The Morgan fingerprint density at radius 3 is 2.64 bits per heavy atom. The van der Waals surface area contributed by atoms with Crippen molar-refractivity contribution in [3.63, 3.8) is 0 Å². The minimum atomic E-state index is -0.00801. The van der Waals surface area contributed by atoms with Gasteiger partial charge in [0.25, 0.3) is 0 Å². The molecule has 1 heterocycles. The standard InChI is InChI=1S/C18H16ClN3O2S/c1-22(17(23)12-25-13-7-3-2-4-8-13)11-16-20-18(21-24-16)14-9-5-6-10-15(14)19/h2-10H,11-12H2,1H3. The van der Waals surface area contributed by atoms with Crippen LogP contribution >= 0.6 is 23.4 Å². The predicted octanol–water partition coefficient (Wildman–Crippen LogP) is 4.14. The first kappa shape index (κ1) is 17.5. The highest BCUT2D eigenvalue weighted by Gasteiger charge is 2.16. The highest BCUT2D eigenvalue weighted by Crippen LogP contribution is 2.25. The first-order valence-electron chi connectivity index (χ1n) is 7.63. The van der Waals surface area contributed by atoms with Gasteiger partial charge in [-0.2, -0.15) is 4.98 Å². The minimum absolute atomic E-state index is 0.00801. The third-order valence-electron chi connectivity index (χ3n) is 3.49. The lowest BCUT2D eigenvalue weighted by atomic mass is 10.2. The average molecular weight is 374 g/mol. The van der Waals surface area contributed by atoms with Crippen LogP contribution in [0.25, 0.3) is 11.4 Å². The van der Waals surface area contributed by atoms with Gasteiger partial charge >= 0.3 is 0 Å². The molecule has 3 aromatic rings. The van der Waals surface area contributed by atoms with E-state index >= 15 is 0 Å². The maximum Gasteiger partial charge on any atom is 0.246 e. The molecule has 0 N–H and O–H groups in total. The van der Waals surface area contributed by atoms with Gasteiger partial charge in [-0.25, -0.2) is 0 Å². The van der Waals surface area contributed by atoms with E-state index in [0.717, 1.165) is 4.90 Å². The number of hydrogen-bond donors (Lipinski definition) is 0. The minimum Gasteiger partial charge on any atom is -0.337 e. The highest BCUT2D eigenvalue weighted by molar-refractivity contribution is 8.00. The number of halogens is 1. The number of hydrogen-bond acceptors (Lipinski definition) is 5. The molecule has 0 unspecified atom stereocenters. The molecule has 128 valence electrons. The molecule has 0 atom stereocenters. The zero-order valence-corrected chi connectivity index (χ0v) is 15.1. The SMILES string of the molecule is CN(Cc1nc(-c2ccccc2Cl)no1)C(=O)CSc1ccccc1. The molecular formula is C18H16ClN3O2S. The second-order valence-electron chi connectivity index (χ2n) is 5.34. The Hall–Kier alpha value is -2.31. The molecule has 0 radical (unpaired) electrons. The molecule has 0 aliphatic rings. The lowest BCUT2D eigenvalue weighted by molar-refractivity contribution is -0.127. The molecule has 0 spiro atoms. The monoisotopic (exact) mass is 373 g/mol. The summed E-state index contributed by atoms with van der Waals surface area (Å²) in [6.07, 6.45) is 0. The topological polar surface area (TPSA) is 59.2 Å². The maximum atomic E-state index is 12.2. The van der Waals surface area contributed by atoms with Crippen molar-refractivity contribution in [2.75, 3.05) is 12.8 Å². The Balaban J connectivity index is 1.59. The van der Waals surface area contributed by atoms with Crippen LogP contribution in [0.1, 0.15) is 5.89 Å². The molecule has 7 heteroatoms. The predicted molar refractivity (Wildman–Crippen MR) is 98.4 cm³/mol. The van der Waals surface area contributed by atoms with Gasteiger partial charge in [0.15, 0.2) is 0 Å². The van der Waals surface area contributed by atoms with Gasteiger partial charge in [-0.1, -0.05) is 47.1 Å². The molecular weight excluding hydrogens is 358 g/mol. The summed E-state index contributed by atoms with van der Waals surface area (Å²) in [5.74, 6) is 1.13. The average Bonchev–Trinajstić information content (AvgIpc) is 3.09. The fourth-order valence-corrected chi connectivity index (χ4v) is 3.21. The molecule has 1 amide bonds. The number of aromatic nitrogens is 2. The third kappa shape index (κ3) is 4.61. The van der Waals surface area contributed by atoms with Crippen LogP contribution < -0.4 is 0 Å². The van der Waals surface area contributed by atoms with Gasteiger partial charge < -0.3 is 9.42 Å². The summed E-state index contributed by atoms with van der Waals surface area (Å²) >= 11 is 7.63. The zero-order chi connectivity index (χ0) is 17.6. The van der Waals surface area contributed by atoms with Crippen molar-refractivity contribution < 1.29 is 9.32 Å². The Morgan fingerprint density at radius 1 is 1.16 bits per heavy atom. The van der Waals surface area contributed by atoms with Gasteiger partial charge in [-0.05, 0) is 24.3 Å². The van der Waals surface area contributed by atoms with Crippen LogP contribution in [0, 0.1) is 0 Å². The van der Waals surface area contributed by atoms with E-state index in [9.17, 15) is 4.79 Å². The van der Waals surface area contributed by atoms with Crippen LogP contribution in [0.15, 0.2) is 64.0 Å². The Kier molecular flexibility index (Phi) is 5.73. The third-order valence-corrected chi connectivity index (χ3v) is 4.81. The van der Waals surface area contributed by atoms with Gasteiger partial charge in [-0.15, -0.1) is 11.8 Å². The maximum absolute atomic E-state index is 12.2. The van der Waals surface area contributed by atoms with Crippen LogP contribution in [0.5, 0.6) is 0 Å². The molecule has 3 rings (SSSR count). The quantitative estimate of drug-likeness (QED) is 0.608. The second kappa shape index (κ2) is 8.18. The second-order valence-corrected chi connectivity index (χ2v) is 6.80. The largest absolute Gasteiger partial charge is 0.337 e. The lowest BCUT2D eigenvalue weighted by Crippen LogP contribution is -2.27. The van der Waals surface area contributed by atoms with Gasteiger partial charge in [0.1, 0.15) is 0 Å². The Morgan fingerprint density at radius 2 is 1.88 bits per heavy atom. The number of rotatable bonds is 6. The van der Waals surface area contributed by atoms with Crippen molar-refractivity contribution in [3.8, 4) is 11.4 Å². The zero-order valence-electron chi connectivity index (χ0n) is 13.6. The molecule has 0 bridgehead atoms. The lowest BCUT2D eigenvalue weighted by Gasteiger charge is -2.14. The molecule has 0 aliphatic heterocycles. The van der Waals surface area contributed by atoms with Gasteiger partial charge in [0.05, 0.1) is 17.3 Å². The molecule has 0 saturated carbocycles. The van der Waals surface area contributed by atoms with Crippen molar-refractivity contribution in [1.29, 1.82) is 0 Å². The van der Waals surface area contributed by atoms with Crippen LogP contribution in [0.2, 0.25) is 5.02 Å². The summed E-state index contributed by atoms with van der Waals surface area (Å²) in [4.78, 5) is 19.2. The van der Waals surface area contributed by atoms with E-state index in [4.69, 9.17) is 16.1 Å². The van der Waals surface area contributed by atoms with Crippen LogP contribution in [-0.4, -0.2) is 33.7 Å². The summed E-state index contributed by atoms with van der Waals surface area (Å²) in [7, 11) is 1.72. The number of nitrogens with zero attached hydrogens (tertiary/aromatic N) is 3. The molecule has 1 aromatic heterocycles. The van der Waals surface area contributed by atoms with E-state index in [-0.39, 0.29) is 12.5 Å². The van der Waals surface area contributed by atoms with Crippen molar-refractivity contribution >= 4 is 29.3 Å². The molecule has 0 fully saturated rings. The van der Waals surface area contributed by atoms with Gasteiger partial charge in [0, 0.05) is 17.5 Å². The van der Waals surface area contributed by atoms with Crippen LogP contribution in [-0.2, 0) is 11.3 Å². The van der Waals surface area contributed by atoms with E-state index < -0.39 is 0 Å². The number of benzene rings is 2. The van der Waals surface area contributed by atoms with Gasteiger partial charge in [-0.3, -0.25) is 4.79 Å². The normalized spacial score (nSPS) is 10.6. The smallest absolute Gasteiger partial charge is 0.246 e. The van der Waals surface area contributed by atoms with Crippen molar-refractivity contribution in [2.24, 2.45) is 0 Å². The number of carbonyl (C=O) groups excluding carboxylic acids is 1. The van der Waals surface area contributed by atoms with Crippen molar-refractivity contribution in [3.05, 3.63) is 65.5 Å². The molecule has 25 heavy (non-hydrogen) atoms. The molecule has 5 nitrogen and oxygen atoms in total. The Bertz CT molecular complexity index is 854. The summed E-state index contributed by atoms with van der Waals surface area (Å²) in [5, 5.41) is 4.49. The van der Waals surface area contributed by atoms with Crippen LogP contribution in [0.4, 0.5) is 0 Å². The van der Waals surface area contributed by atoms with E-state index in [0.29, 0.717) is 28.1 Å². The number of carbonyl (C=O) groups is 1. The van der Waals surface area contributed by atoms with E-state index in [1.165, 1.54) is 11.8 Å². The summed E-state index contributed by atoms with van der Waals surface area (Å²) in [6, 6.07) is 17.1. The summed E-state index contributed by atoms with van der Waals surface area (Å²) in [5.41, 5.74) is 0.702. The van der Waals surface area contributed by atoms with Crippen molar-refractivity contribution in [1.82, 2.24) is 15.0 Å². The number of thioether (sulfide) groups is 1. The summed E-state index contributed by atoms with van der Waals surface area (Å²) in [6.45, 7) is 0.256.